The molecule has 1 aliphatic heterocycles. The van der Waals surface area contributed by atoms with E-state index >= 15 is 0 Å². The summed E-state index contributed by atoms with van der Waals surface area (Å²) in [5, 5.41) is 6.80. The van der Waals surface area contributed by atoms with E-state index in [-0.39, 0.29) is 5.91 Å². The standard InChI is InChI=1S/C24H19ClN2O2S/c1-29-23-10-6-5-7-17(23)15-21-22(16-30-20-13-11-18(25)12-14-20)26-27(24(21)28)19-8-3-2-4-9-19/h2-15H,16H2,1H3. The van der Waals surface area contributed by atoms with Crippen molar-refractivity contribution >= 4 is 46.7 Å². The summed E-state index contributed by atoms with van der Waals surface area (Å²) in [6.45, 7) is 0. The van der Waals surface area contributed by atoms with Crippen LogP contribution in [0.25, 0.3) is 6.08 Å². The Bertz CT molecular complexity index is 1110. The van der Waals surface area contributed by atoms with Crippen molar-refractivity contribution in [1.82, 2.24) is 0 Å². The van der Waals surface area contributed by atoms with Crippen molar-refractivity contribution < 1.29 is 9.53 Å². The molecule has 0 spiro atoms. The molecule has 0 aromatic heterocycles. The Kier molecular flexibility index (Phi) is 6.21. The molecular formula is C24H19ClN2O2S. The van der Waals surface area contributed by atoms with Crippen molar-refractivity contribution in [2.45, 2.75) is 4.90 Å². The predicted molar refractivity (Wildman–Crippen MR) is 125 cm³/mol. The molecule has 3 aromatic carbocycles. The number of hydrazone groups is 1. The molecule has 1 amide bonds. The molecule has 0 aliphatic carbocycles. The van der Waals surface area contributed by atoms with Gasteiger partial charge in [0.2, 0.25) is 0 Å². The van der Waals surface area contributed by atoms with E-state index in [2.05, 4.69) is 5.10 Å². The van der Waals surface area contributed by atoms with Crippen molar-refractivity contribution in [3.63, 3.8) is 0 Å². The summed E-state index contributed by atoms with van der Waals surface area (Å²) in [7, 11) is 1.62. The lowest BCUT2D eigenvalue weighted by molar-refractivity contribution is -0.114. The average molecular weight is 435 g/mol. The number of benzene rings is 3. The first kappa shape index (κ1) is 20.3. The van der Waals surface area contributed by atoms with Gasteiger partial charge in [-0.2, -0.15) is 10.1 Å². The van der Waals surface area contributed by atoms with E-state index in [1.54, 1.807) is 18.9 Å². The van der Waals surface area contributed by atoms with Gasteiger partial charge >= 0.3 is 0 Å². The SMILES string of the molecule is COc1ccccc1C=C1C(=O)N(c2ccccc2)N=C1CSc1ccc(Cl)cc1. The molecule has 6 heteroatoms. The zero-order valence-electron chi connectivity index (χ0n) is 16.3. The number of rotatable bonds is 6. The van der Waals surface area contributed by atoms with E-state index in [4.69, 9.17) is 16.3 Å². The Morgan fingerprint density at radius 3 is 2.43 bits per heavy atom. The first-order valence-electron chi connectivity index (χ1n) is 9.36. The molecule has 4 nitrogen and oxygen atoms in total. The number of halogens is 1. The highest BCUT2D eigenvalue weighted by Gasteiger charge is 2.31. The first-order valence-corrected chi connectivity index (χ1v) is 10.7. The lowest BCUT2D eigenvalue weighted by Gasteiger charge is -2.11. The van der Waals surface area contributed by atoms with Gasteiger partial charge in [-0.25, -0.2) is 0 Å². The zero-order valence-corrected chi connectivity index (χ0v) is 17.9. The van der Waals surface area contributed by atoms with Crippen molar-refractivity contribution in [3.8, 4) is 5.75 Å². The number of thioether (sulfide) groups is 1. The molecule has 0 saturated heterocycles. The fourth-order valence-electron chi connectivity index (χ4n) is 3.08. The fourth-order valence-corrected chi connectivity index (χ4v) is 4.05. The van der Waals surface area contributed by atoms with Gasteiger partial charge in [0.15, 0.2) is 0 Å². The smallest absolute Gasteiger partial charge is 0.280 e. The van der Waals surface area contributed by atoms with E-state index in [1.807, 2.05) is 84.9 Å². The second-order valence-electron chi connectivity index (χ2n) is 6.54. The van der Waals surface area contributed by atoms with Crippen LogP contribution in [-0.4, -0.2) is 24.5 Å². The molecule has 0 radical (unpaired) electrons. The zero-order chi connectivity index (χ0) is 20.9. The van der Waals surface area contributed by atoms with Crippen molar-refractivity contribution in [3.05, 3.63) is 95.0 Å². The van der Waals surface area contributed by atoms with Crippen LogP contribution in [0.2, 0.25) is 5.02 Å². The van der Waals surface area contributed by atoms with E-state index in [9.17, 15) is 4.79 Å². The van der Waals surface area contributed by atoms with Crippen LogP contribution in [0.5, 0.6) is 5.75 Å². The van der Waals surface area contributed by atoms with E-state index < -0.39 is 0 Å². The minimum absolute atomic E-state index is 0.154. The van der Waals surface area contributed by atoms with Gasteiger partial charge in [0.1, 0.15) is 5.75 Å². The average Bonchev–Trinajstić information content (AvgIpc) is 3.10. The van der Waals surface area contributed by atoms with Crippen LogP contribution < -0.4 is 9.75 Å². The number of amides is 1. The number of para-hydroxylation sites is 2. The van der Waals surface area contributed by atoms with Crippen molar-refractivity contribution in [1.29, 1.82) is 0 Å². The summed E-state index contributed by atoms with van der Waals surface area (Å²) >= 11 is 7.59. The van der Waals surface area contributed by atoms with Gasteiger partial charge in [-0.3, -0.25) is 4.79 Å². The third-order valence-corrected chi connectivity index (χ3v) is 5.86. The number of hydrogen-bond donors (Lipinski definition) is 0. The van der Waals surface area contributed by atoms with Gasteiger partial charge in [0, 0.05) is 21.2 Å². The Hall–Kier alpha value is -3.02. The molecule has 4 rings (SSSR count). The molecular weight excluding hydrogens is 416 g/mol. The number of anilines is 1. The molecule has 0 N–H and O–H groups in total. The minimum Gasteiger partial charge on any atom is -0.496 e. The molecule has 0 bridgehead atoms. The van der Waals surface area contributed by atoms with Crippen LogP contribution >= 0.6 is 23.4 Å². The van der Waals surface area contributed by atoms with Crippen LogP contribution in [0.1, 0.15) is 5.56 Å². The highest BCUT2D eigenvalue weighted by molar-refractivity contribution is 8.00. The number of carbonyl (C=O) groups excluding carboxylic acids is 1. The molecule has 1 heterocycles. The molecule has 0 fully saturated rings. The fraction of sp³-hybridized carbons (Fsp3) is 0.0833. The monoisotopic (exact) mass is 434 g/mol. The predicted octanol–water partition coefficient (Wildman–Crippen LogP) is 5.93. The molecule has 30 heavy (non-hydrogen) atoms. The number of hydrogen-bond acceptors (Lipinski definition) is 4. The Morgan fingerprint density at radius 2 is 1.70 bits per heavy atom. The van der Waals surface area contributed by atoms with Gasteiger partial charge in [-0.05, 0) is 48.5 Å². The third-order valence-electron chi connectivity index (χ3n) is 4.58. The summed E-state index contributed by atoms with van der Waals surface area (Å²) in [5.74, 6) is 1.11. The van der Waals surface area contributed by atoms with E-state index in [0.29, 0.717) is 22.1 Å². The van der Waals surface area contributed by atoms with E-state index in [1.165, 1.54) is 5.01 Å². The summed E-state index contributed by atoms with van der Waals surface area (Å²) < 4.78 is 5.45. The second kappa shape index (κ2) is 9.20. The van der Waals surface area contributed by atoms with Crippen LogP contribution in [0.4, 0.5) is 5.69 Å². The van der Waals surface area contributed by atoms with Crippen molar-refractivity contribution in [2.24, 2.45) is 5.10 Å². The summed E-state index contributed by atoms with van der Waals surface area (Å²) in [4.78, 5) is 14.3. The first-order chi connectivity index (χ1) is 14.7. The Labute approximate surface area is 184 Å². The van der Waals surface area contributed by atoms with Crippen LogP contribution in [0, 0.1) is 0 Å². The largest absolute Gasteiger partial charge is 0.496 e. The van der Waals surface area contributed by atoms with Crippen LogP contribution in [0.15, 0.2) is 94.4 Å². The van der Waals surface area contributed by atoms with Gasteiger partial charge < -0.3 is 4.74 Å². The Balaban J connectivity index is 1.68. The number of methoxy groups -OCH3 is 1. The second-order valence-corrected chi connectivity index (χ2v) is 8.03. The normalized spacial score (nSPS) is 14.9. The van der Waals surface area contributed by atoms with E-state index in [0.717, 1.165) is 21.9 Å². The highest BCUT2D eigenvalue weighted by atomic mass is 35.5. The summed E-state index contributed by atoms with van der Waals surface area (Å²) in [5.41, 5.74) is 2.85. The molecule has 150 valence electrons. The summed E-state index contributed by atoms with van der Waals surface area (Å²) in [6, 6.07) is 24.7. The maximum Gasteiger partial charge on any atom is 0.280 e. The lowest BCUT2D eigenvalue weighted by Crippen LogP contribution is -2.21. The maximum atomic E-state index is 13.3. The highest BCUT2D eigenvalue weighted by Crippen LogP contribution is 2.30. The topological polar surface area (TPSA) is 41.9 Å². The van der Waals surface area contributed by atoms with Gasteiger partial charge in [-0.1, -0.05) is 48.0 Å². The quantitative estimate of drug-likeness (QED) is 0.357. The molecule has 3 aromatic rings. The number of ether oxygens (including phenoxy) is 1. The van der Waals surface area contributed by atoms with Gasteiger partial charge in [0.05, 0.1) is 24.1 Å². The minimum atomic E-state index is -0.154. The molecule has 1 aliphatic rings. The third kappa shape index (κ3) is 4.42. The van der Waals surface area contributed by atoms with Gasteiger partial charge in [-0.15, -0.1) is 11.8 Å². The molecule has 0 atom stereocenters. The Morgan fingerprint density at radius 1 is 1.00 bits per heavy atom. The van der Waals surface area contributed by atoms with Crippen LogP contribution in [-0.2, 0) is 4.79 Å². The lowest BCUT2D eigenvalue weighted by atomic mass is 10.1. The number of carbonyl (C=O) groups is 1. The maximum absolute atomic E-state index is 13.3. The number of nitrogens with zero attached hydrogens (tertiary/aromatic N) is 2. The summed E-state index contributed by atoms with van der Waals surface area (Å²) in [6.07, 6.45) is 1.85. The molecule has 0 unspecified atom stereocenters. The molecule has 0 saturated carbocycles. The van der Waals surface area contributed by atoms with Crippen LogP contribution in [0.3, 0.4) is 0 Å². The van der Waals surface area contributed by atoms with Crippen molar-refractivity contribution in [2.75, 3.05) is 17.9 Å². The van der Waals surface area contributed by atoms with Gasteiger partial charge in [0.25, 0.3) is 5.91 Å².